The summed E-state index contributed by atoms with van der Waals surface area (Å²) in [7, 11) is 1.36. The molecule has 3 aliphatic rings. The van der Waals surface area contributed by atoms with Crippen LogP contribution in [0.25, 0.3) is 6.08 Å². The summed E-state index contributed by atoms with van der Waals surface area (Å²) >= 11 is 3.52. The summed E-state index contributed by atoms with van der Waals surface area (Å²) in [6.07, 6.45) is 5.02. The van der Waals surface area contributed by atoms with Crippen LogP contribution in [0.1, 0.15) is 23.5 Å². The molecule has 2 heterocycles. The monoisotopic (exact) mass is 336 g/mol. The highest BCUT2D eigenvalue weighted by atomic mass is 79.9. The average Bonchev–Trinajstić information content (AvgIpc) is 2.94. The standard InChI is InChI=1S/C15H13BrO4/c1-18-12(17)3-2-7-4-8(16)5-9-13-10(19-14(7)9)6-11-15(13)20-11/h2-5,10-11,13,15H,6H2,1H3. The Kier molecular flexibility index (Phi) is 2.69. The van der Waals surface area contributed by atoms with Gasteiger partial charge < -0.3 is 14.2 Å². The fourth-order valence-electron chi connectivity index (χ4n) is 3.27. The molecule has 20 heavy (non-hydrogen) atoms. The molecule has 104 valence electrons. The molecule has 0 amide bonds. The molecule has 4 unspecified atom stereocenters. The van der Waals surface area contributed by atoms with Gasteiger partial charge in [0.1, 0.15) is 11.9 Å². The van der Waals surface area contributed by atoms with E-state index in [0.29, 0.717) is 18.1 Å². The quantitative estimate of drug-likeness (QED) is 0.473. The Bertz CT molecular complexity index is 625. The third kappa shape index (κ3) is 1.80. The van der Waals surface area contributed by atoms with Crippen molar-refractivity contribution in [1.82, 2.24) is 0 Å². The molecule has 1 aromatic rings. The van der Waals surface area contributed by atoms with Crippen LogP contribution in [-0.4, -0.2) is 31.4 Å². The van der Waals surface area contributed by atoms with Gasteiger partial charge >= 0.3 is 5.97 Å². The van der Waals surface area contributed by atoms with E-state index in [9.17, 15) is 4.79 Å². The summed E-state index contributed by atoms with van der Waals surface area (Å²) < 4.78 is 17.3. The number of hydrogen-bond donors (Lipinski definition) is 0. The van der Waals surface area contributed by atoms with E-state index in [-0.39, 0.29) is 12.1 Å². The topological polar surface area (TPSA) is 48.1 Å². The minimum Gasteiger partial charge on any atom is -0.489 e. The van der Waals surface area contributed by atoms with E-state index in [1.165, 1.54) is 18.7 Å². The molecule has 1 aromatic carbocycles. The van der Waals surface area contributed by atoms with E-state index in [0.717, 1.165) is 22.2 Å². The number of epoxide rings is 1. The molecule has 4 nitrogen and oxygen atoms in total. The van der Waals surface area contributed by atoms with Gasteiger partial charge in [0.15, 0.2) is 0 Å². The molecule has 2 aliphatic heterocycles. The number of benzene rings is 1. The van der Waals surface area contributed by atoms with Crippen LogP contribution in [0.3, 0.4) is 0 Å². The molecule has 0 aromatic heterocycles. The summed E-state index contributed by atoms with van der Waals surface area (Å²) in [4.78, 5) is 11.2. The van der Waals surface area contributed by atoms with Gasteiger partial charge in [-0.15, -0.1) is 0 Å². The van der Waals surface area contributed by atoms with Crippen molar-refractivity contribution in [1.29, 1.82) is 0 Å². The Hall–Kier alpha value is -1.33. The first-order valence-corrected chi connectivity index (χ1v) is 7.38. The summed E-state index contributed by atoms with van der Waals surface area (Å²) in [6, 6.07) is 4.05. The number of hydrogen-bond acceptors (Lipinski definition) is 4. The van der Waals surface area contributed by atoms with E-state index in [2.05, 4.69) is 26.7 Å². The minimum absolute atomic E-state index is 0.216. The van der Waals surface area contributed by atoms with Gasteiger partial charge in [0.25, 0.3) is 0 Å². The van der Waals surface area contributed by atoms with Crippen molar-refractivity contribution < 1.29 is 19.0 Å². The number of rotatable bonds is 2. The zero-order valence-corrected chi connectivity index (χ0v) is 12.4. The second-order valence-electron chi connectivity index (χ2n) is 5.33. The van der Waals surface area contributed by atoms with Crippen molar-refractivity contribution >= 4 is 28.0 Å². The molecular weight excluding hydrogens is 324 g/mol. The normalized spacial score (nSPS) is 32.5. The predicted octanol–water partition coefficient (Wildman–Crippen LogP) is 2.65. The lowest BCUT2D eigenvalue weighted by Crippen LogP contribution is -2.17. The number of halogens is 1. The Morgan fingerprint density at radius 1 is 1.45 bits per heavy atom. The van der Waals surface area contributed by atoms with Crippen LogP contribution in [0.5, 0.6) is 5.75 Å². The molecule has 0 N–H and O–H groups in total. The molecular formula is C15H13BrO4. The Labute approximate surface area is 124 Å². The number of methoxy groups -OCH3 is 1. The zero-order valence-electron chi connectivity index (χ0n) is 10.8. The van der Waals surface area contributed by atoms with Crippen molar-refractivity contribution in [2.24, 2.45) is 0 Å². The van der Waals surface area contributed by atoms with Gasteiger partial charge in [-0.1, -0.05) is 15.9 Å². The Morgan fingerprint density at radius 3 is 3.10 bits per heavy atom. The summed E-state index contributed by atoms with van der Waals surface area (Å²) in [6.45, 7) is 0. The predicted molar refractivity (Wildman–Crippen MR) is 75.6 cm³/mol. The summed E-state index contributed by atoms with van der Waals surface area (Å²) in [5.41, 5.74) is 2.07. The lowest BCUT2D eigenvalue weighted by molar-refractivity contribution is -0.134. The van der Waals surface area contributed by atoms with Gasteiger partial charge in [-0.3, -0.25) is 0 Å². The van der Waals surface area contributed by atoms with Gasteiger partial charge in [-0.2, -0.15) is 0 Å². The van der Waals surface area contributed by atoms with Crippen LogP contribution in [0.15, 0.2) is 22.7 Å². The number of carbonyl (C=O) groups is 1. The third-order valence-electron chi connectivity index (χ3n) is 4.18. The fraction of sp³-hybridized carbons (Fsp3) is 0.400. The van der Waals surface area contributed by atoms with Crippen molar-refractivity contribution in [2.45, 2.75) is 30.7 Å². The minimum atomic E-state index is -0.373. The molecule has 0 spiro atoms. The zero-order chi connectivity index (χ0) is 13.9. The van der Waals surface area contributed by atoms with Crippen LogP contribution in [0.4, 0.5) is 0 Å². The SMILES string of the molecule is COC(=O)C=Cc1cc(Br)cc2c1OC1CC3OC3C21. The highest BCUT2D eigenvalue weighted by Crippen LogP contribution is 2.57. The molecule has 1 saturated carbocycles. The van der Waals surface area contributed by atoms with Crippen molar-refractivity contribution in [3.05, 3.63) is 33.8 Å². The molecule has 5 heteroatoms. The molecule has 0 radical (unpaired) electrons. The second-order valence-corrected chi connectivity index (χ2v) is 6.24. The van der Waals surface area contributed by atoms with Crippen LogP contribution in [0.2, 0.25) is 0 Å². The molecule has 4 atom stereocenters. The van der Waals surface area contributed by atoms with Crippen molar-refractivity contribution in [3.8, 4) is 5.75 Å². The van der Waals surface area contributed by atoms with Gasteiger partial charge in [-0.05, 0) is 18.2 Å². The van der Waals surface area contributed by atoms with Gasteiger partial charge in [0.05, 0.1) is 25.2 Å². The fourth-order valence-corrected chi connectivity index (χ4v) is 3.76. The highest BCUT2D eigenvalue weighted by Gasteiger charge is 2.60. The molecule has 1 saturated heterocycles. The first kappa shape index (κ1) is 12.4. The van der Waals surface area contributed by atoms with E-state index in [1.54, 1.807) is 6.08 Å². The number of carbonyl (C=O) groups excluding carboxylic acids is 1. The number of esters is 1. The molecule has 0 bridgehead atoms. The van der Waals surface area contributed by atoms with Gasteiger partial charge in [0.2, 0.25) is 0 Å². The lowest BCUT2D eigenvalue weighted by Gasteiger charge is -2.11. The molecule has 2 fully saturated rings. The van der Waals surface area contributed by atoms with Crippen LogP contribution in [0, 0.1) is 0 Å². The largest absolute Gasteiger partial charge is 0.489 e. The Morgan fingerprint density at radius 2 is 2.30 bits per heavy atom. The number of ether oxygens (including phenoxy) is 3. The lowest BCUT2D eigenvalue weighted by atomic mass is 9.95. The van der Waals surface area contributed by atoms with Crippen LogP contribution < -0.4 is 4.74 Å². The maximum Gasteiger partial charge on any atom is 0.330 e. The Balaban J connectivity index is 1.73. The van der Waals surface area contributed by atoms with E-state index >= 15 is 0 Å². The summed E-state index contributed by atoms with van der Waals surface area (Å²) in [5, 5.41) is 0. The van der Waals surface area contributed by atoms with Crippen molar-refractivity contribution in [3.63, 3.8) is 0 Å². The van der Waals surface area contributed by atoms with Crippen LogP contribution >= 0.6 is 15.9 Å². The summed E-state index contributed by atoms with van der Waals surface area (Å²) in [5.74, 6) is 0.831. The first-order chi connectivity index (χ1) is 9.67. The van der Waals surface area contributed by atoms with Gasteiger partial charge in [-0.25, -0.2) is 4.79 Å². The highest BCUT2D eigenvalue weighted by molar-refractivity contribution is 9.10. The van der Waals surface area contributed by atoms with E-state index in [4.69, 9.17) is 9.47 Å². The second kappa shape index (κ2) is 4.33. The first-order valence-electron chi connectivity index (χ1n) is 6.59. The average molecular weight is 337 g/mol. The molecule has 1 aliphatic carbocycles. The van der Waals surface area contributed by atoms with E-state index < -0.39 is 0 Å². The maximum atomic E-state index is 11.2. The third-order valence-corrected chi connectivity index (χ3v) is 4.64. The smallest absolute Gasteiger partial charge is 0.330 e. The maximum absolute atomic E-state index is 11.2. The molecule has 4 rings (SSSR count). The van der Waals surface area contributed by atoms with Crippen LogP contribution in [-0.2, 0) is 14.3 Å². The van der Waals surface area contributed by atoms with E-state index in [1.807, 2.05) is 6.07 Å². The van der Waals surface area contributed by atoms with Gasteiger partial charge in [0, 0.05) is 28.1 Å². The number of fused-ring (bicyclic) bond motifs is 5. The van der Waals surface area contributed by atoms with Crippen molar-refractivity contribution in [2.75, 3.05) is 7.11 Å².